The fraction of sp³-hybridized carbons (Fsp3) is 0.417. The maximum Gasteiger partial charge on any atom is 0.241 e. The van der Waals surface area contributed by atoms with Gasteiger partial charge < -0.3 is 15.0 Å². The maximum atomic E-state index is 12.9. The summed E-state index contributed by atoms with van der Waals surface area (Å²) in [7, 11) is -3.84. The van der Waals surface area contributed by atoms with Gasteiger partial charge in [0.25, 0.3) is 0 Å². The van der Waals surface area contributed by atoms with Gasteiger partial charge in [-0.1, -0.05) is 48.0 Å². The second-order valence-electron chi connectivity index (χ2n) is 8.13. The van der Waals surface area contributed by atoms with Crippen molar-refractivity contribution >= 4 is 21.8 Å². The molecule has 2 aromatic carbocycles. The van der Waals surface area contributed by atoms with E-state index in [2.05, 4.69) is 10.0 Å². The zero-order valence-electron chi connectivity index (χ0n) is 18.8. The maximum absolute atomic E-state index is 12.9. The van der Waals surface area contributed by atoms with Crippen LogP contribution >= 0.6 is 0 Å². The zero-order chi connectivity index (χ0) is 23.7. The van der Waals surface area contributed by atoms with Crippen molar-refractivity contribution in [2.45, 2.75) is 37.2 Å². The molecule has 0 aliphatic carbocycles. The van der Waals surface area contributed by atoms with E-state index < -0.39 is 22.5 Å². The van der Waals surface area contributed by atoms with Gasteiger partial charge in [-0.05, 0) is 43.9 Å². The van der Waals surface area contributed by atoms with Crippen molar-refractivity contribution < 1.29 is 22.7 Å². The van der Waals surface area contributed by atoms with E-state index in [9.17, 15) is 18.0 Å². The van der Waals surface area contributed by atoms with E-state index in [1.54, 1.807) is 12.1 Å². The van der Waals surface area contributed by atoms with E-state index in [-0.39, 0.29) is 30.0 Å². The minimum atomic E-state index is -3.84. The van der Waals surface area contributed by atoms with Crippen LogP contribution in [0.25, 0.3) is 0 Å². The lowest BCUT2D eigenvalue weighted by atomic mass is 10.1. The fourth-order valence-electron chi connectivity index (χ4n) is 3.58. The zero-order valence-corrected chi connectivity index (χ0v) is 19.6. The number of benzene rings is 2. The topological polar surface area (TPSA) is 105 Å². The number of amides is 2. The molecule has 0 saturated carbocycles. The molecule has 0 spiro atoms. The Bertz CT molecular complexity index is 1020. The summed E-state index contributed by atoms with van der Waals surface area (Å²) in [4.78, 5) is 26.8. The number of aryl methyl sites for hydroxylation is 1. The standard InChI is InChI=1S/C24H31N3O5S/c1-19-9-11-22(12-10-19)33(30,31)26-16-24(29)27(17-21-8-5-15-32-21)18-23(28)25-14-13-20-6-3-2-4-7-20/h2-4,6-7,9-12,21,26H,5,8,13-18H2,1H3,(H,25,28)/t21-/m1/s1. The van der Waals surface area contributed by atoms with Gasteiger partial charge in [0.05, 0.1) is 24.1 Å². The quantitative estimate of drug-likeness (QED) is 0.516. The Hall–Kier alpha value is -2.75. The minimum absolute atomic E-state index is 0.0882. The summed E-state index contributed by atoms with van der Waals surface area (Å²) in [6.45, 7) is 2.60. The van der Waals surface area contributed by atoms with Crippen molar-refractivity contribution in [3.05, 3.63) is 65.7 Å². The molecule has 1 aliphatic heterocycles. The number of carbonyl (C=O) groups is 2. The molecule has 0 aromatic heterocycles. The molecule has 0 unspecified atom stereocenters. The molecule has 0 bridgehead atoms. The van der Waals surface area contributed by atoms with Crippen molar-refractivity contribution in [2.24, 2.45) is 0 Å². The van der Waals surface area contributed by atoms with Gasteiger partial charge in [0.1, 0.15) is 0 Å². The van der Waals surface area contributed by atoms with Crippen molar-refractivity contribution in [1.82, 2.24) is 14.9 Å². The van der Waals surface area contributed by atoms with Crippen LogP contribution in [0.15, 0.2) is 59.5 Å². The molecule has 1 saturated heterocycles. The molecule has 33 heavy (non-hydrogen) atoms. The van der Waals surface area contributed by atoms with Crippen LogP contribution < -0.4 is 10.0 Å². The van der Waals surface area contributed by atoms with Gasteiger partial charge in [0.2, 0.25) is 21.8 Å². The average Bonchev–Trinajstić information content (AvgIpc) is 3.31. The number of hydrogen-bond acceptors (Lipinski definition) is 5. The number of hydrogen-bond donors (Lipinski definition) is 2. The molecule has 8 nitrogen and oxygen atoms in total. The number of carbonyl (C=O) groups excluding carboxylic acids is 2. The number of rotatable bonds is 11. The highest BCUT2D eigenvalue weighted by molar-refractivity contribution is 7.89. The normalized spacial score (nSPS) is 15.8. The summed E-state index contributed by atoms with van der Waals surface area (Å²) in [6.07, 6.45) is 2.23. The van der Waals surface area contributed by atoms with Crippen LogP contribution in [0.1, 0.15) is 24.0 Å². The molecule has 2 amide bonds. The fourth-order valence-corrected chi connectivity index (χ4v) is 4.55. The lowest BCUT2D eigenvalue weighted by Crippen LogP contribution is -2.48. The van der Waals surface area contributed by atoms with Crippen LogP contribution in [0, 0.1) is 6.92 Å². The third-order valence-corrected chi connectivity index (χ3v) is 6.88. The Balaban J connectivity index is 1.55. The van der Waals surface area contributed by atoms with E-state index >= 15 is 0 Å². The van der Waals surface area contributed by atoms with Gasteiger partial charge in [0.15, 0.2) is 0 Å². The molecule has 1 aliphatic rings. The third-order valence-electron chi connectivity index (χ3n) is 5.46. The van der Waals surface area contributed by atoms with Gasteiger partial charge in [0, 0.05) is 19.7 Å². The summed E-state index contributed by atoms with van der Waals surface area (Å²) in [5, 5.41) is 2.83. The highest BCUT2D eigenvalue weighted by Crippen LogP contribution is 2.14. The average molecular weight is 474 g/mol. The Morgan fingerprint density at radius 1 is 1.09 bits per heavy atom. The lowest BCUT2D eigenvalue weighted by molar-refractivity contribution is -0.136. The number of ether oxygens (including phenoxy) is 1. The summed E-state index contributed by atoms with van der Waals surface area (Å²) < 4.78 is 33.0. The van der Waals surface area contributed by atoms with Gasteiger partial charge in [-0.25, -0.2) is 13.1 Å². The van der Waals surface area contributed by atoms with Crippen molar-refractivity contribution in [3.8, 4) is 0 Å². The van der Waals surface area contributed by atoms with Crippen molar-refractivity contribution in [2.75, 3.05) is 32.8 Å². The predicted octanol–water partition coefficient (Wildman–Crippen LogP) is 1.64. The molecule has 2 aromatic rings. The van der Waals surface area contributed by atoms with Crippen LogP contribution in [0.3, 0.4) is 0 Å². The Morgan fingerprint density at radius 3 is 2.48 bits per heavy atom. The molecule has 0 radical (unpaired) electrons. The smallest absolute Gasteiger partial charge is 0.241 e. The monoisotopic (exact) mass is 473 g/mol. The van der Waals surface area contributed by atoms with E-state index in [1.165, 1.54) is 17.0 Å². The van der Waals surface area contributed by atoms with Gasteiger partial charge in [-0.2, -0.15) is 0 Å². The third kappa shape index (κ3) is 7.96. The lowest BCUT2D eigenvalue weighted by Gasteiger charge is -2.25. The van der Waals surface area contributed by atoms with Crippen LogP contribution in [-0.2, 0) is 30.8 Å². The van der Waals surface area contributed by atoms with Crippen LogP contribution in [0.2, 0.25) is 0 Å². The van der Waals surface area contributed by atoms with E-state index in [0.29, 0.717) is 19.6 Å². The van der Waals surface area contributed by atoms with Crippen molar-refractivity contribution in [1.29, 1.82) is 0 Å². The highest BCUT2D eigenvalue weighted by atomic mass is 32.2. The van der Waals surface area contributed by atoms with Crippen LogP contribution in [0.5, 0.6) is 0 Å². The second-order valence-corrected chi connectivity index (χ2v) is 9.90. The first-order valence-electron chi connectivity index (χ1n) is 11.1. The number of sulfonamides is 1. The molecule has 1 atom stereocenters. The second kappa shape index (κ2) is 11.9. The van der Waals surface area contributed by atoms with Gasteiger partial charge in [-0.3, -0.25) is 9.59 Å². The summed E-state index contributed by atoms with van der Waals surface area (Å²) >= 11 is 0. The Kier molecular flexibility index (Phi) is 8.99. The van der Waals surface area contributed by atoms with E-state index in [0.717, 1.165) is 24.0 Å². The largest absolute Gasteiger partial charge is 0.376 e. The minimum Gasteiger partial charge on any atom is -0.376 e. The van der Waals surface area contributed by atoms with Crippen LogP contribution in [0.4, 0.5) is 0 Å². The molecule has 3 rings (SSSR count). The molecular formula is C24H31N3O5S. The summed E-state index contributed by atoms with van der Waals surface area (Å²) in [6, 6.07) is 16.2. The predicted molar refractivity (Wildman–Crippen MR) is 125 cm³/mol. The molecule has 9 heteroatoms. The van der Waals surface area contributed by atoms with Gasteiger partial charge in [-0.15, -0.1) is 0 Å². The highest BCUT2D eigenvalue weighted by Gasteiger charge is 2.25. The molecular weight excluding hydrogens is 442 g/mol. The Labute approximate surface area is 195 Å². The summed E-state index contributed by atoms with van der Waals surface area (Å²) in [5.74, 6) is -0.766. The Morgan fingerprint density at radius 2 is 1.82 bits per heavy atom. The molecule has 1 heterocycles. The number of nitrogens with one attached hydrogen (secondary N) is 2. The van der Waals surface area contributed by atoms with E-state index in [4.69, 9.17) is 4.74 Å². The van der Waals surface area contributed by atoms with Crippen molar-refractivity contribution in [3.63, 3.8) is 0 Å². The molecule has 178 valence electrons. The first-order chi connectivity index (χ1) is 15.8. The summed E-state index contributed by atoms with van der Waals surface area (Å²) in [5.41, 5.74) is 2.04. The van der Waals surface area contributed by atoms with Gasteiger partial charge >= 0.3 is 0 Å². The first kappa shape index (κ1) is 24.9. The van der Waals surface area contributed by atoms with E-state index in [1.807, 2.05) is 37.3 Å². The molecule has 1 fully saturated rings. The first-order valence-corrected chi connectivity index (χ1v) is 12.6. The molecule has 2 N–H and O–H groups in total. The number of nitrogens with zero attached hydrogens (tertiary/aromatic N) is 1. The SMILES string of the molecule is Cc1ccc(S(=O)(=O)NCC(=O)N(CC(=O)NCCc2ccccc2)C[C@H]2CCCO2)cc1. The van der Waals surface area contributed by atoms with Crippen LogP contribution in [-0.4, -0.2) is 64.0 Å².